The van der Waals surface area contributed by atoms with Crippen molar-refractivity contribution >= 4 is 35.5 Å². The summed E-state index contributed by atoms with van der Waals surface area (Å²) < 4.78 is 35.6. The van der Waals surface area contributed by atoms with Crippen LogP contribution in [0, 0.1) is 17.0 Å². The van der Waals surface area contributed by atoms with Gasteiger partial charge in [0.05, 0.1) is 17.8 Å². The van der Waals surface area contributed by atoms with Gasteiger partial charge in [0, 0.05) is 69.0 Å². The van der Waals surface area contributed by atoms with Crippen molar-refractivity contribution in [3.63, 3.8) is 0 Å². The molecule has 0 aliphatic carbocycles. The Morgan fingerprint density at radius 1 is 0.982 bits per heavy atom. The number of nitrogens with one attached hydrogen (secondary N) is 2. The minimum absolute atomic E-state index is 0.0235. The number of ether oxygens (including phenoxy) is 1. The van der Waals surface area contributed by atoms with Crippen molar-refractivity contribution in [1.82, 2.24) is 20.1 Å². The van der Waals surface area contributed by atoms with Gasteiger partial charge in [-0.15, -0.1) is 0 Å². The molecule has 0 saturated heterocycles. The number of aliphatic carboxylic acids is 1. The molecule has 57 heavy (non-hydrogen) atoms. The number of thioether (sulfide) groups is 1. The van der Waals surface area contributed by atoms with Crippen molar-refractivity contribution in [1.29, 1.82) is 0 Å². The summed E-state index contributed by atoms with van der Waals surface area (Å²) in [7, 11) is 3.25. The molecule has 316 valence electrons. The highest BCUT2D eigenvalue weighted by Crippen LogP contribution is 2.41. The van der Waals surface area contributed by atoms with Crippen LogP contribution in [0.1, 0.15) is 70.2 Å². The van der Waals surface area contributed by atoms with Gasteiger partial charge in [-0.3, -0.25) is 14.4 Å². The van der Waals surface area contributed by atoms with E-state index in [1.165, 1.54) is 11.8 Å². The zero-order valence-electron chi connectivity index (χ0n) is 33.8. The van der Waals surface area contributed by atoms with Gasteiger partial charge in [0.1, 0.15) is 17.7 Å². The number of nitrogens with zero attached hydrogens (tertiary/aromatic N) is 2. The van der Waals surface area contributed by atoms with E-state index < -0.39 is 53.0 Å². The zero-order chi connectivity index (χ0) is 42.5. The highest BCUT2D eigenvalue weighted by atomic mass is 32.2. The van der Waals surface area contributed by atoms with Crippen molar-refractivity contribution in [2.75, 3.05) is 51.9 Å². The molecule has 0 spiro atoms. The average Bonchev–Trinajstić information content (AvgIpc) is 3.56. The number of methoxy groups -OCH3 is 1. The Morgan fingerprint density at radius 3 is 2.26 bits per heavy atom. The molecule has 3 rings (SSSR count). The Balaban J connectivity index is 0.00000362. The standard InChI is InChI=1S/C39H55F2N7O5S.C2H6O/c1-39(2,3)36(33-20-27(29-21-28(40)13-14-30(29)41)24-47(33)23-26-10-5-4-6-11-26)48(18-9-17-43)35(50)25-54-19-15-34(49)46-32(38(52)53)22-45-37(51)31(44)12-7-8-16-42;1-3-2/h4-6,10-11,13-14,20-21,24,31-32,36H,7-9,12,15-19,22-23,25,42-44H2,1-3H3,(H,45,51)(H,46,49)(H,52,53);1-2H3/t31?,32?,36-;/m0./s1. The number of amides is 3. The van der Waals surface area contributed by atoms with Gasteiger partial charge < -0.3 is 47.1 Å². The summed E-state index contributed by atoms with van der Waals surface area (Å²) in [6.45, 7) is 7.27. The molecule has 1 aromatic heterocycles. The fraction of sp³-hybridized carbons (Fsp3) is 0.512. The van der Waals surface area contributed by atoms with Crippen LogP contribution < -0.4 is 27.8 Å². The maximum atomic E-state index is 15.1. The van der Waals surface area contributed by atoms with E-state index in [4.69, 9.17) is 17.2 Å². The van der Waals surface area contributed by atoms with Crippen LogP contribution >= 0.6 is 11.8 Å². The van der Waals surface area contributed by atoms with E-state index in [1.807, 2.05) is 61.7 Å². The maximum Gasteiger partial charge on any atom is 0.328 e. The molecule has 0 aliphatic heterocycles. The van der Waals surface area contributed by atoms with E-state index in [9.17, 15) is 28.7 Å². The summed E-state index contributed by atoms with van der Waals surface area (Å²) in [6, 6.07) is 12.2. The van der Waals surface area contributed by atoms with E-state index >= 15 is 4.39 Å². The van der Waals surface area contributed by atoms with Crippen LogP contribution in [-0.2, 0) is 30.5 Å². The third kappa shape index (κ3) is 16.6. The molecule has 2 unspecified atom stereocenters. The van der Waals surface area contributed by atoms with Crippen LogP contribution in [0.15, 0.2) is 60.8 Å². The number of nitrogens with two attached hydrogens (primary N) is 3. The Kier molecular flexibility index (Phi) is 21.5. The first-order chi connectivity index (χ1) is 27.1. The number of benzene rings is 2. The molecule has 3 amide bonds. The molecular weight excluding hydrogens is 757 g/mol. The molecule has 0 fully saturated rings. The fourth-order valence-electron chi connectivity index (χ4n) is 6.12. The molecule has 13 nitrogen and oxygen atoms in total. The number of carbonyl (C=O) groups is 4. The first-order valence-electron chi connectivity index (χ1n) is 19.0. The molecular formula is C41H61F2N7O6S. The lowest BCUT2D eigenvalue weighted by molar-refractivity contribution is -0.141. The van der Waals surface area contributed by atoms with E-state index in [2.05, 4.69) is 15.4 Å². The summed E-state index contributed by atoms with van der Waals surface area (Å²) in [5.41, 5.74) is 19.0. The lowest BCUT2D eigenvalue weighted by atomic mass is 9.83. The van der Waals surface area contributed by atoms with Crippen LogP contribution in [0.3, 0.4) is 0 Å². The van der Waals surface area contributed by atoms with Crippen molar-refractivity contribution in [2.45, 2.75) is 77.5 Å². The van der Waals surface area contributed by atoms with E-state index in [-0.39, 0.29) is 35.9 Å². The van der Waals surface area contributed by atoms with Gasteiger partial charge in [-0.1, -0.05) is 57.5 Å². The summed E-state index contributed by atoms with van der Waals surface area (Å²) in [5.74, 6) is -3.47. The molecule has 9 N–H and O–H groups in total. The monoisotopic (exact) mass is 817 g/mol. The normalized spacial score (nSPS) is 12.8. The van der Waals surface area contributed by atoms with Gasteiger partial charge in [0.15, 0.2) is 0 Å². The molecule has 1 heterocycles. The predicted octanol–water partition coefficient (Wildman–Crippen LogP) is 4.27. The third-order valence-corrected chi connectivity index (χ3v) is 9.76. The molecule has 0 aliphatic rings. The maximum absolute atomic E-state index is 15.1. The minimum atomic E-state index is -1.36. The Hall–Kier alpha value is -4.35. The average molecular weight is 818 g/mol. The Labute approximate surface area is 339 Å². The highest BCUT2D eigenvalue weighted by molar-refractivity contribution is 7.99. The number of carboxylic acid groups (broad SMARTS) is 1. The van der Waals surface area contributed by atoms with Crippen molar-refractivity contribution in [3.8, 4) is 11.1 Å². The van der Waals surface area contributed by atoms with Gasteiger partial charge in [-0.25, -0.2) is 13.6 Å². The molecule has 16 heteroatoms. The third-order valence-electron chi connectivity index (χ3n) is 8.82. The van der Waals surface area contributed by atoms with Gasteiger partial charge in [0.25, 0.3) is 0 Å². The number of halogens is 2. The van der Waals surface area contributed by atoms with Crippen molar-refractivity contribution in [2.24, 2.45) is 22.6 Å². The quantitative estimate of drug-likeness (QED) is 0.0794. The Morgan fingerprint density at radius 2 is 1.65 bits per heavy atom. The number of carbonyl (C=O) groups excluding carboxylic acids is 3. The molecule has 0 saturated carbocycles. The number of rotatable bonds is 22. The SMILES string of the molecule is CC(C)(C)[C@H](c1cc(-c2cc(F)ccc2F)cn1Cc1ccccc1)N(CCCN)C(=O)CSCCC(=O)NC(CNC(=O)C(N)CCCCN)C(=O)O.COC. The second-order valence-corrected chi connectivity index (χ2v) is 15.8. The van der Waals surface area contributed by atoms with Gasteiger partial charge >= 0.3 is 5.97 Å². The lowest BCUT2D eigenvalue weighted by Gasteiger charge is -2.41. The largest absolute Gasteiger partial charge is 0.480 e. The van der Waals surface area contributed by atoms with Crippen molar-refractivity contribution < 1.29 is 37.8 Å². The number of unbranched alkanes of at least 4 members (excludes halogenated alkanes) is 1. The lowest BCUT2D eigenvalue weighted by Crippen LogP contribution is -2.51. The summed E-state index contributed by atoms with van der Waals surface area (Å²) in [6.07, 6.45) is 4.01. The van der Waals surface area contributed by atoms with Crippen LogP contribution in [0.2, 0.25) is 0 Å². The fourth-order valence-corrected chi connectivity index (χ4v) is 6.93. The summed E-state index contributed by atoms with van der Waals surface area (Å²) in [5, 5.41) is 14.5. The zero-order valence-corrected chi connectivity index (χ0v) is 34.6. The highest BCUT2D eigenvalue weighted by Gasteiger charge is 2.37. The number of aromatic nitrogens is 1. The number of carboxylic acids is 1. The molecule has 3 atom stereocenters. The Bertz CT molecular complexity index is 1710. The first-order valence-corrected chi connectivity index (χ1v) is 20.2. The van der Waals surface area contributed by atoms with E-state index in [0.717, 1.165) is 29.5 Å². The molecule has 0 radical (unpaired) electrons. The summed E-state index contributed by atoms with van der Waals surface area (Å²) in [4.78, 5) is 52.6. The van der Waals surface area contributed by atoms with Gasteiger partial charge in [-0.05, 0) is 67.6 Å². The minimum Gasteiger partial charge on any atom is -0.480 e. The summed E-state index contributed by atoms with van der Waals surface area (Å²) >= 11 is 1.23. The molecule has 3 aromatic rings. The van der Waals surface area contributed by atoms with Crippen LogP contribution in [0.5, 0.6) is 0 Å². The van der Waals surface area contributed by atoms with Crippen molar-refractivity contribution in [3.05, 3.63) is 83.7 Å². The smallest absolute Gasteiger partial charge is 0.328 e. The topological polar surface area (TPSA) is 208 Å². The van der Waals surface area contributed by atoms with Gasteiger partial charge in [-0.2, -0.15) is 11.8 Å². The number of hydrogen-bond donors (Lipinski definition) is 6. The van der Waals surface area contributed by atoms with E-state index in [1.54, 1.807) is 25.3 Å². The molecule has 0 bridgehead atoms. The van der Waals surface area contributed by atoms with Crippen LogP contribution in [-0.4, -0.2) is 102 Å². The first kappa shape index (κ1) is 48.8. The van der Waals surface area contributed by atoms with Gasteiger partial charge in [0.2, 0.25) is 17.7 Å². The van der Waals surface area contributed by atoms with Crippen LogP contribution in [0.25, 0.3) is 11.1 Å². The second-order valence-electron chi connectivity index (χ2n) is 14.7. The van der Waals surface area contributed by atoms with E-state index in [0.29, 0.717) is 57.4 Å². The molecule has 2 aromatic carbocycles. The number of hydrogen-bond acceptors (Lipinski definition) is 9. The predicted molar refractivity (Wildman–Crippen MR) is 221 cm³/mol. The van der Waals surface area contributed by atoms with Crippen LogP contribution in [0.4, 0.5) is 8.78 Å². The second kappa shape index (κ2) is 25.1.